The van der Waals surface area contributed by atoms with Crippen molar-refractivity contribution in [2.45, 2.75) is 12.0 Å². The van der Waals surface area contributed by atoms with Crippen molar-refractivity contribution in [2.24, 2.45) is 0 Å². The molecule has 0 fully saturated rings. The number of esters is 1. The van der Waals surface area contributed by atoms with Gasteiger partial charge in [0.15, 0.2) is 0 Å². The lowest BCUT2D eigenvalue weighted by atomic mass is 9.84. The smallest absolute Gasteiger partial charge is 0.336 e. The van der Waals surface area contributed by atoms with E-state index >= 15 is 0 Å². The summed E-state index contributed by atoms with van der Waals surface area (Å²) in [5.41, 5.74) is 3.83. The van der Waals surface area contributed by atoms with Gasteiger partial charge >= 0.3 is 5.97 Å². The summed E-state index contributed by atoms with van der Waals surface area (Å²) in [5.74, 6) is 6.46. The van der Waals surface area contributed by atoms with E-state index in [1.165, 1.54) is 7.11 Å². The third kappa shape index (κ3) is 4.54. The highest BCUT2D eigenvalue weighted by molar-refractivity contribution is 9.10. The molecule has 32 heavy (non-hydrogen) atoms. The molecule has 1 aliphatic rings. The van der Waals surface area contributed by atoms with Gasteiger partial charge in [0.1, 0.15) is 11.9 Å². The van der Waals surface area contributed by atoms with Crippen LogP contribution in [0.5, 0.6) is 0 Å². The fourth-order valence-electron chi connectivity index (χ4n) is 3.69. The number of rotatable bonds is 4. The second-order valence-electron chi connectivity index (χ2n) is 7.31. The van der Waals surface area contributed by atoms with Crippen LogP contribution in [0.25, 0.3) is 5.76 Å². The Balaban J connectivity index is 1.89. The van der Waals surface area contributed by atoms with Crippen molar-refractivity contribution in [3.63, 3.8) is 0 Å². The van der Waals surface area contributed by atoms with Gasteiger partial charge in [-0.25, -0.2) is 4.79 Å². The van der Waals surface area contributed by atoms with E-state index in [2.05, 4.69) is 34.3 Å². The standard InChI is InChI=1S/C28H21BrO3/c1-19(28(30)31-2)26-25(21-11-7-4-8-12-21)24(18-13-20-9-5-3-6-10-20)27(32-26)22-14-16-23(29)17-15-22/h3-12,14-17,25-26H,1H2,2H3/t25-,26+/m0/s1. The molecule has 158 valence electrons. The van der Waals surface area contributed by atoms with E-state index in [1.54, 1.807) is 0 Å². The first-order chi connectivity index (χ1) is 15.6. The van der Waals surface area contributed by atoms with Crippen LogP contribution in [0.2, 0.25) is 0 Å². The number of benzene rings is 3. The molecule has 0 aromatic heterocycles. The Morgan fingerprint density at radius 2 is 1.56 bits per heavy atom. The van der Waals surface area contributed by atoms with Crippen LogP contribution in [0.4, 0.5) is 0 Å². The lowest BCUT2D eigenvalue weighted by molar-refractivity contribution is -0.137. The summed E-state index contributed by atoms with van der Waals surface area (Å²) >= 11 is 3.48. The van der Waals surface area contributed by atoms with Crippen molar-refractivity contribution < 1.29 is 14.3 Å². The minimum absolute atomic E-state index is 0.257. The van der Waals surface area contributed by atoms with E-state index in [-0.39, 0.29) is 11.5 Å². The zero-order chi connectivity index (χ0) is 22.5. The van der Waals surface area contributed by atoms with Crippen LogP contribution in [0.3, 0.4) is 0 Å². The number of hydrogen-bond donors (Lipinski definition) is 0. The van der Waals surface area contributed by atoms with E-state index in [4.69, 9.17) is 9.47 Å². The molecule has 0 radical (unpaired) electrons. The van der Waals surface area contributed by atoms with Crippen molar-refractivity contribution in [1.82, 2.24) is 0 Å². The van der Waals surface area contributed by atoms with Crippen molar-refractivity contribution in [1.29, 1.82) is 0 Å². The molecule has 1 heterocycles. The Morgan fingerprint density at radius 3 is 2.19 bits per heavy atom. The summed E-state index contributed by atoms with van der Waals surface area (Å²) in [6, 6.07) is 27.5. The molecule has 0 unspecified atom stereocenters. The van der Waals surface area contributed by atoms with E-state index in [0.717, 1.165) is 26.7 Å². The van der Waals surface area contributed by atoms with Gasteiger partial charge in [-0.05, 0) is 29.8 Å². The Hall–Kier alpha value is -3.55. The van der Waals surface area contributed by atoms with Crippen LogP contribution >= 0.6 is 15.9 Å². The molecule has 2 atom stereocenters. The predicted molar refractivity (Wildman–Crippen MR) is 130 cm³/mol. The van der Waals surface area contributed by atoms with Gasteiger partial charge in [-0.2, -0.15) is 0 Å². The molecule has 0 bridgehead atoms. The number of ether oxygens (including phenoxy) is 2. The normalized spacial score (nSPS) is 17.2. The average Bonchev–Trinajstić information content (AvgIpc) is 3.22. The fourth-order valence-corrected chi connectivity index (χ4v) is 3.96. The lowest BCUT2D eigenvalue weighted by Crippen LogP contribution is -2.24. The number of methoxy groups -OCH3 is 1. The van der Waals surface area contributed by atoms with Gasteiger partial charge in [0.05, 0.1) is 24.2 Å². The molecule has 0 amide bonds. The van der Waals surface area contributed by atoms with Gasteiger partial charge in [0.25, 0.3) is 0 Å². The van der Waals surface area contributed by atoms with Gasteiger partial charge in [0, 0.05) is 15.6 Å². The second kappa shape index (κ2) is 9.72. The molecule has 4 heteroatoms. The Labute approximate surface area is 196 Å². The molecule has 0 aliphatic carbocycles. The largest absolute Gasteiger partial charge is 0.483 e. The van der Waals surface area contributed by atoms with E-state index in [1.807, 2.05) is 84.9 Å². The molecule has 0 saturated heterocycles. The molecule has 3 aromatic carbocycles. The van der Waals surface area contributed by atoms with Crippen molar-refractivity contribution >= 4 is 27.7 Å². The monoisotopic (exact) mass is 484 g/mol. The van der Waals surface area contributed by atoms with Gasteiger partial charge < -0.3 is 9.47 Å². The second-order valence-corrected chi connectivity index (χ2v) is 8.23. The Kier molecular flexibility index (Phi) is 6.58. The topological polar surface area (TPSA) is 35.5 Å². The summed E-state index contributed by atoms with van der Waals surface area (Å²) in [5, 5.41) is 0. The Morgan fingerprint density at radius 1 is 0.938 bits per heavy atom. The average molecular weight is 485 g/mol. The summed E-state index contributed by atoms with van der Waals surface area (Å²) in [4.78, 5) is 12.4. The van der Waals surface area contributed by atoms with E-state index in [0.29, 0.717) is 5.76 Å². The highest BCUT2D eigenvalue weighted by Gasteiger charge is 2.41. The maximum atomic E-state index is 12.4. The van der Waals surface area contributed by atoms with Crippen LogP contribution in [-0.2, 0) is 14.3 Å². The lowest BCUT2D eigenvalue weighted by Gasteiger charge is -2.21. The molecule has 0 spiro atoms. The third-order valence-corrected chi connectivity index (χ3v) is 5.80. The van der Waals surface area contributed by atoms with Crippen molar-refractivity contribution in [2.75, 3.05) is 7.11 Å². The molecule has 0 saturated carbocycles. The van der Waals surface area contributed by atoms with Crippen LogP contribution in [0.15, 0.2) is 107 Å². The molecule has 4 rings (SSSR count). The number of halogens is 1. The van der Waals surface area contributed by atoms with Gasteiger partial charge in [-0.15, -0.1) is 0 Å². The van der Waals surface area contributed by atoms with Gasteiger partial charge in [-0.3, -0.25) is 0 Å². The summed E-state index contributed by atoms with van der Waals surface area (Å²) in [6.07, 6.45) is -0.622. The maximum Gasteiger partial charge on any atom is 0.336 e. The highest BCUT2D eigenvalue weighted by atomic mass is 79.9. The fraction of sp³-hybridized carbons (Fsp3) is 0.107. The van der Waals surface area contributed by atoms with Crippen LogP contribution in [0, 0.1) is 11.8 Å². The first-order valence-electron chi connectivity index (χ1n) is 10.1. The number of carbonyl (C=O) groups excluding carboxylic acids is 1. The Bertz CT molecular complexity index is 1220. The summed E-state index contributed by atoms with van der Waals surface area (Å²) in [7, 11) is 1.35. The zero-order valence-electron chi connectivity index (χ0n) is 17.5. The van der Waals surface area contributed by atoms with E-state index in [9.17, 15) is 4.79 Å². The van der Waals surface area contributed by atoms with E-state index < -0.39 is 12.1 Å². The van der Waals surface area contributed by atoms with Crippen LogP contribution in [-0.4, -0.2) is 19.2 Å². The quantitative estimate of drug-likeness (QED) is 0.254. The molecule has 0 N–H and O–H groups in total. The van der Waals surface area contributed by atoms with Gasteiger partial charge in [-0.1, -0.05) is 95.0 Å². The number of hydrogen-bond acceptors (Lipinski definition) is 3. The summed E-state index contributed by atoms with van der Waals surface area (Å²) < 4.78 is 12.3. The SMILES string of the molecule is C=C(C(=O)OC)[C@H]1OC(c2ccc(Br)cc2)=C(C#Cc2ccccc2)[C@@H]1c1ccccc1. The first-order valence-corrected chi connectivity index (χ1v) is 10.9. The zero-order valence-corrected chi connectivity index (χ0v) is 19.1. The molecule has 1 aliphatic heterocycles. The molecular formula is C28H21BrO3. The summed E-state index contributed by atoms with van der Waals surface area (Å²) in [6.45, 7) is 4.00. The molecule has 3 aromatic rings. The molecular weight excluding hydrogens is 464 g/mol. The van der Waals surface area contributed by atoms with Gasteiger partial charge in [0.2, 0.25) is 0 Å². The third-order valence-electron chi connectivity index (χ3n) is 5.27. The number of carbonyl (C=O) groups is 1. The minimum Gasteiger partial charge on any atom is -0.483 e. The van der Waals surface area contributed by atoms with Crippen molar-refractivity contribution in [3.8, 4) is 11.8 Å². The van der Waals surface area contributed by atoms with Crippen LogP contribution in [0.1, 0.15) is 22.6 Å². The predicted octanol–water partition coefficient (Wildman–Crippen LogP) is 6.12. The van der Waals surface area contributed by atoms with Crippen molar-refractivity contribution in [3.05, 3.63) is 124 Å². The molecule has 3 nitrogen and oxygen atoms in total. The first kappa shape index (κ1) is 21.7. The maximum absolute atomic E-state index is 12.4. The van der Waals surface area contributed by atoms with Crippen LogP contribution < -0.4 is 0 Å². The minimum atomic E-state index is -0.622. The highest BCUT2D eigenvalue weighted by Crippen LogP contribution is 2.45.